The number of ether oxygens (including phenoxy) is 1. The van der Waals surface area contributed by atoms with Crippen LogP contribution in [0, 0.1) is 13.8 Å². The van der Waals surface area contributed by atoms with E-state index in [-0.39, 0.29) is 17.6 Å². The van der Waals surface area contributed by atoms with Gasteiger partial charge in [-0.05, 0) is 55.3 Å². The Hall–Kier alpha value is -3.17. The number of hydrogen-bond donors (Lipinski definition) is 2. The third-order valence-electron chi connectivity index (χ3n) is 5.17. The van der Waals surface area contributed by atoms with E-state index < -0.39 is 6.17 Å². The number of carbonyl (C=O) groups excluding carboxylic acids is 2. The first kappa shape index (κ1) is 22.0. The van der Waals surface area contributed by atoms with Crippen LogP contribution in [0.4, 0.5) is 11.4 Å². The van der Waals surface area contributed by atoms with Crippen LogP contribution in [0.3, 0.4) is 0 Å². The van der Waals surface area contributed by atoms with E-state index in [4.69, 9.17) is 16.3 Å². The van der Waals surface area contributed by atoms with E-state index in [0.29, 0.717) is 21.6 Å². The second kappa shape index (κ2) is 9.13. The zero-order valence-corrected chi connectivity index (χ0v) is 19.3. The first-order chi connectivity index (χ1) is 15.4. The number of amides is 2. The molecule has 2 amide bonds. The summed E-state index contributed by atoms with van der Waals surface area (Å²) in [6.07, 6.45) is 2.84. The number of methoxy groups -OCH3 is 1. The maximum atomic E-state index is 13.0. The molecule has 2 aliphatic heterocycles. The highest BCUT2D eigenvalue weighted by Gasteiger charge is 2.38. The topological polar surface area (TPSA) is 86.3 Å². The van der Waals surface area contributed by atoms with Gasteiger partial charge in [0.1, 0.15) is 5.75 Å². The molecule has 2 aromatic rings. The van der Waals surface area contributed by atoms with Crippen molar-refractivity contribution in [2.24, 2.45) is 5.10 Å². The van der Waals surface area contributed by atoms with Gasteiger partial charge in [-0.15, -0.1) is 0 Å². The SMILES string of the molecule is COc1ccc(Cl)cc1NC(=O)CSC1=NNC2C(=O)N(c3ccc(C)c(C)c3)C=CN12. The van der Waals surface area contributed by atoms with Gasteiger partial charge in [0.05, 0.1) is 18.6 Å². The second-order valence-corrected chi connectivity index (χ2v) is 8.67. The summed E-state index contributed by atoms with van der Waals surface area (Å²) in [5, 5.41) is 8.06. The second-order valence-electron chi connectivity index (χ2n) is 7.29. The monoisotopic (exact) mass is 471 g/mol. The number of hydrogen-bond acceptors (Lipinski definition) is 7. The minimum Gasteiger partial charge on any atom is -0.495 e. The van der Waals surface area contributed by atoms with E-state index in [1.54, 1.807) is 40.4 Å². The third kappa shape index (κ3) is 4.39. The maximum Gasteiger partial charge on any atom is 0.276 e. The molecular formula is C22H22ClN5O3S. The molecule has 2 N–H and O–H groups in total. The van der Waals surface area contributed by atoms with Gasteiger partial charge in [0.15, 0.2) is 5.17 Å². The van der Waals surface area contributed by atoms with Gasteiger partial charge in [0.25, 0.3) is 5.91 Å². The number of thioether (sulfide) groups is 1. The predicted octanol–water partition coefficient (Wildman–Crippen LogP) is 3.66. The van der Waals surface area contributed by atoms with Gasteiger partial charge in [0.2, 0.25) is 12.1 Å². The highest BCUT2D eigenvalue weighted by atomic mass is 35.5. The Morgan fingerprint density at radius 1 is 1.22 bits per heavy atom. The van der Waals surface area contributed by atoms with Crippen LogP contribution in [0.1, 0.15) is 11.1 Å². The quantitative estimate of drug-likeness (QED) is 0.692. The van der Waals surface area contributed by atoms with Crippen molar-refractivity contribution in [3.8, 4) is 5.75 Å². The number of carbonyl (C=O) groups is 2. The summed E-state index contributed by atoms with van der Waals surface area (Å²) in [5.41, 5.74) is 6.43. The van der Waals surface area contributed by atoms with Gasteiger partial charge < -0.3 is 10.1 Å². The normalized spacial score (nSPS) is 17.1. The molecule has 10 heteroatoms. The number of aryl methyl sites for hydroxylation is 2. The highest BCUT2D eigenvalue weighted by molar-refractivity contribution is 8.14. The standard InChI is InChI=1S/C22H22ClN5O3S/c1-13-4-6-16(10-14(13)2)27-8-9-28-20(21(27)30)25-26-22(28)32-12-19(29)24-17-11-15(23)5-7-18(17)31-3/h4-11,20,25H,12H2,1-3H3,(H,24,29). The molecule has 0 aromatic heterocycles. The average molecular weight is 472 g/mol. The van der Waals surface area contributed by atoms with E-state index in [9.17, 15) is 9.59 Å². The Morgan fingerprint density at radius 2 is 2.03 bits per heavy atom. The molecule has 8 nitrogen and oxygen atoms in total. The smallest absolute Gasteiger partial charge is 0.276 e. The van der Waals surface area contributed by atoms with Crippen molar-refractivity contribution in [2.45, 2.75) is 20.0 Å². The van der Waals surface area contributed by atoms with Crippen LogP contribution in [0.15, 0.2) is 53.9 Å². The van der Waals surface area contributed by atoms with Crippen LogP contribution in [0.2, 0.25) is 5.02 Å². The van der Waals surface area contributed by atoms with Crippen molar-refractivity contribution in [3.63, 3.8) is 0 Å². The molecular weight excluding hydrogens is 450 g/mol. The fourth-order valence-corrected chi connectivity index (χ4v) is 4.24. The van der Waals surface area contributed by atoms with Gasteiger partial charge in [-0.25, -0.2) is 0 Å². The fourth-order valence-electron chi connectivity index (χ4n) is 3.30. The fraction of sp³-hybridized carbons (Fsp3) is 0.227. The summed E-state index contributed by atoms with van der Waals surface area (Å²) in [4.78, 5) is 28.8. The van der Waals surface area contributed by atoms with Crippen molar-refractivity contribution in [3.05, 3.63) is 64.9 Å². The van der Waals surface area contributed by atoms with Gasteiger partial charge >= 0.3 is 0 Å². The van der Waals surface area contributed by atoms with Crippen LogP contribution in [-0.4, -0.2) is 40.9 Å². The molecule has 2 aliphatic rings. The summed E-state index contributed by atoms with van der Waals surface area (Å²) >= 11 is 7.23. The zero-order valence-electron chi connectivity index (χ0n) is 17.8. The van der Waals surface area contributed by atoms with Gasteiger partial charge in [0, 0.05) is 23.1 Å². The van der Waals surface area contributed by atoms with Crippen LogP contribution >= 0.6 is 23.4 Å². The van der Waals surface area contributed by atoms with E-state index in [1.807, 2.05) is 32.0 Å². The number of amidine groups is 1. The van der Waals surface area contributed by atoms with Crippen molar-refractivity contribution in [2.75, 3.05) is 23.1 Å². The van der Waals surface area contributed by atoms with Crippen molar-refractivity contribution >= 4 is 51.7 Å². The zero-order chi connectivity index (χ0) is 22.8. The minimum atomic E-state index is -0.653. The number of anilines is 2. The lowest BCUT2D eigenvalue weighted by Crippen LogP contribution is -2.52. The summed E-state index contributed by atoms with van der Waals surface area (Å²) in [6, 6.07) is 10.9. The van der Waals surface area contributed by atoms with Crippen molar-refractivity contribution in [1.29, 1.82) is 0 Å². The molecule has 0 aliphatic carbocycles. The predicted molar refractivity (Wildman–Crippen MR) is 128 cm³/mol. The average Bonchev–Trinajstić information content (AvgIpc) is 3.19. The van der Waals surface area contributed by atoms with Crippen LogP contribution in [-0.2, 0) is 9.59 Å². The van der Waals surface area contributed by atoms with Crippen molar-refractivity contribution < 1.29 is 14.3 Å². The summed E-state index contributed by atoms with van der Waals surface area (Å²) in [7, 11) is 1.52. The lowest BCUT2D eigenvalue weighted by Gasteiger charge is -2.32. The lowest BCUT2D eigenvalue weighted by atomic mass is 10.1. The molecule has 2 heterocycles. The first-order valence-electron chi connectivity index (χ1n) is 9.84. The number of nitrogens with one attached hydrogen (secondary N) is 2. The van der Waals surface area contributed by atoms with Crippen LogP contribution in [0.5, 0.6) is 5.75 Å². The van der Waals surface area contributed by atoms with Crippen LogP contribution < -0.4 is 20.4 Å². The maximum absolute atomic E-state index is 13.0. The molecule has 32 heavy (non-hydrogen) atoms. The molecule has 1 atom stereocenters. The molecule has 0 radical (unpaired) electrons. The molecule has 2 aromatic carbocycles. The van der Waals surface area contributed by atoms with E-state index in [1.165, 1.54) is 24.4 Å². The number of benzene rings is 2. The number of fused-ring (bicyclic) bond motifs is 1. The number of hydrazone groups is 1. The molecule has 166 valence electrons. The largest absolute Gasteiger partial charge is 0.495 e. The molecule has 0 saturated carbocycles. The summed E-state index contributed by atoms with van der Waals surface area (Å²) < 4.78 is 5.25. The highest BCUT2D eigenvalue weighted by Crippen LogP contribution is 2.29. The Morgan fingerprint density at radius 3 is 2.78 bits per heavy atom. The lowest BCUT2D eigenvalue weighted by molar-refractivity contribution is -0.122. The number of rotatable bonds is 5. The third-order valence-corrected chi connectivity index (χ3v) is 6.37. The molecule has 4 rings (SSSR count). The molecule has 0 bridgehead atoms. The van der Waals surface area contributed by atoms with E-state index >= 15 is 0 Å². The minimum absolute atomic E-state index is 0.0995. The Kier molecular flexibility index (Phi) is 6.29. The molecule has 0 spiro atoms. The van der Waals surface area contributed by atoms with Gasteiger partial charge in [-0.2, -0.15) is 5.10 Å². The van der Waals surface area contributed by atoms with Crippen molar-refractivity contribution in [1.82, 2.24) is 10.3 Å². The van der Waals surface area contributed by atoms with Crippen LogP contribution in [0.25, 0.3) is 0 Å². The summed E-state index contributed by atoms with van der Waals surface area (Å²) in [6.45, 7) is 4.04. The van der Waals surface area contributed by atoms with Gasteiger partial charge in [-0.1, -0.05) is 29.4 Å². The molecule has 1 unspecified atom stereocenters. The summed E-state index contributed by atoms with van der Waals surface area (Å²) in [5.74, 6) is 0.222. The Bertz CT molecular complexity index is 1140. The van der Waals surface area contributed by atoms with E-state index in [0.717, 1.165) is 11.3 Å². The first-order valence-corrected chi connectivity index (χ1v) is 11.2. The van der Waals surface area contributed by atoms with E-state index in [2.05, 4.69) is 15.8 Å². The van der Waals surface area contributed by atoms with Gasteiger partial charge in [-0.3, -0.25) is 24.8 Å². The Balaban J connectivity index is 1.40. The number of halogens is 1. The molecule has 0 fully saturated rings. The Labute approximate surface area is 195 Å². The number of nitrogens with zero attached hydrogens (tertiary/aromatic N) is 3. The molecule has 0 saturated heterocycles.